The van der Waals surface area contributed by atoms with Crippen LogP contribution in [0.25, 0.3) is 0 Å². The quantitative estimate of drug-likeness (QED) is 0.545. The number of benzene rings is 3. The van der Waals surface area contributed by atoms with Crippen LogP contribution < -0.4 is 14.8 Å². The molecule has 3 aromatic carbocycles. The highest BCUT2D eigenvalue weighted by Gasteiger charge is 2.20. The van der Waals surface area contributed by atoms with Gasteiger partial charge in [0.1, 0.15) is 11.6 Å². The lowest BCUT2D eigenvalue weighted by molar-refractivity contribution is 0.102. The molecule has 0 aromatic heterocycles. The Morgan fingerprint density at radius 3 is 2.45 bits per heavy atom. The molecule has 8 heteroatoms. The zero-order valence-electron chi connectivity index (χ0n) is 17.4. The van der Waals surface area contributed by atoms with Crippen molar-refractivity contribution in [3.8, 4) is 5.75 Å². The number of rotatable bonds is 7. The zero-order valence-corrected chi connectivity index (χ0v) is 18.2. The Labute approximate surface area is 181 Å². The number of carbonyl (C=O) groups excluding carboxylic acids is 1. The van der Waals surface area contributed by atoms with E-state index in [1.807, 2.05) is 19.9 Å². The number of carbonyl (C=O) groups is 1. The molecule has 0 saturated heterocycles. The third-order valence-electron chi connectivity index (χ3n) is 4.78. The number of halogens is 1. The van der Waals surface area contributed by atoms with Gasteiger partial charge in [-0.15, -0.1) is 0 Å². The molecule has 0 aliphatic carbocycles. The minimum atomic E-state index is -3.95. The minimum Gasteiger partial charge on any atom is -0.492 e. The van der Waals surface area contributed by atoms with Gasteiger partial charge in [0.05, 0.1) is 28.4 Å². The maximum Gasteiger partial charge on any atom is 0.261 e. The van der Waals surface area contributed by atoms with E-state index in [2.05, 4.69) is 10.0 Å². The minimum absolute atomic E-state index is 0.0688. The molecular formula is C23H23FN2O4S. The van der Waals surface area contributed by atoms with E-state index in [1.54, 1.807) is 19.1 Å². The van der Waals surface area contributed by atoms with Gasteiger partial charge in [-0.05, 0) is 68.3 Å². The highest BCUT2D eigenvalue weighted by Crippen LogP contribution is 2.30. The first-order chi connectivity index (χ1) is 14.7. The van der Waals surface area contributed by atoms with E-state index in [4.69, 9.17) is 4.74 Å². The molecule has 0 heterocycles. The molecule has 0 bridgehead atoms. The van der Waals surface area contributed by atoms with Crippen molar-refractivity contribution in [3.05, 3.63) is 83.2 Å². The van der Waals surface area contributed by atoms with Gasteiger partial charge < -0.3 is 10.1 Å². The summed E-state index contributed by atoms with van der Waals surface area (Å²) in [6.07, 6.45) is 0. The second kappa shape index (κ2) is 9.18. The number of ether oxygens (including phenoxy) is 1. The fourth-order valence-corrected chi connectivity index (χ4v) is 4.10. The number of nitrogens with one attached hydrogen (secondary N) is 2. The third kappa shape index (κ3) is 5.03. The summed E-state index contributed by atoms with van der Waals surface area (Å²) < 4.78 is 48.0. The molecule has 6 nitrogen and oxygen atoms in total. The van der Waals surface area contributed by atoms with Gasteiger partial charge in [-0.3, -0.25) is 9.52 Å². The molecule has 3 aromatic rings. The van der Waals surface area contributed by atoms with Crippen LogP contribution in [0.2, 0.25) is 0 Å². The van der Waals surface area contributed by atoms with Gasteiger partial charge in [0.2, 0.25) is 0 Å². The summed E-state index contributed by atoms with van der Waals surface area (Å²) >= 11 is 0. The molecule has 0 unspecified atom stereocenters. The van der Waals surface area contributed by atoms with E-state index in [0.29, 0.717) is 12.3 Å². The Hall–Kier alpha value is -3.39. The summed E-state index contributed by atoms with van der Waals surface area (Å²) in [5, 5.41) is 2.55. The van der Waals surface area contributed by atoms with Crippen LogP contribution in [0, 0.1) is 19.7 Å². The molecule has 2 N–H and O–H groups in total. The summed E-state index contributed by atoms with van der Waals surface area (Å²) in [7, 11) is -3.95. The average Bonchev–Trinajstić information content (AvgIpc) is 2.73. The Morgan fingerprint density at radius 2 is 1.74 bits per heavy atom. The van der Waals surface area contributed by atoms with Crippen LogP contribution in [0.4, 0.5) is 15.8 Å². The second-order valence-corrected chi connectivity index (χ2v) is 8.56. The molecule has 0 fully saturated rings. The smallest absolute Gasteiger partial charge is 0.261 e. The van der Waals surface area contributed by atoms with Crippen LogP contribution in [0.5, 0.6) is 5.75 Å². The summed E-state index contributed by atoms with van der Waals surface area (Å²) in [5.74, 6) is -1.12. The maximum absolute atomic E-state index is 14.0. The average molecular weight is 443 g/mol. The van der Waals surface area contributed by atoms with E-state index >= 15 is 0 Å². The molecule has 0 radical (unpaired) electrons. The van der Waals surface area contributed by atoms with Crippen molar-refractivity contribution in [2.24, 2.45) is 0 Å². The summed E-state index contributed by atoms with van der Waals surface area (Å²) in [6, 6.07) is 15.0. The third-order valence-corrected chi connectivity index (χ3v) is 6.14. The van der Waals surface area contributed by atoms with Gasteiger partial charge in [-0.2, -0.15) is 0 Å². The van der Waals surface area contributed by atoms with Gasteiger partial charge in [-0.25, -0.2) is 12.8 Å². The van der Waals surface area contributed by atoms with Crippen LogP contribution in [0.1, 0.15) is 28.4 Å². The van der Waals surface area contributed by atoms with Crippen LogP contribution in [0.3, 0.4) is 0 Å². The van der Waals surface area contributed by atoms with Crippen molar-refractivity contribution >= 4 is 27.3 Å². The van der Waals surface area contributed by atoms with Gasteiger partial charge in [0.25, 0.3) is 15.9 Å². The molecule has 0 aliphatic heterocycles. The van der Waals surface area contributed by atoms with Crippen molar-refractivity contribution in [2.75, 3.05) is 16.6 Å². The van der Waals surface area contributed by atoms with Crippen molar-refractivity contribution < 1.29 is 22.3 Å². The Balaban J connectivity index is 1.96. The first-order valence-corrected chi connectivity index (χ1v) is 11.1. The Bertz CT molecular complexity index is 1230. The Kier molecular flexibility index (Phi) is 6.60. The van der Waals surface area contributed by atoms with Gasteiger partial charge in [0, 0.05) is 0 Å². The molecule has 0 atom stereocenters. The number of amides is 1. The summed E-state index contributed by atoms with van der Waals surface area (Å²) in [5.41, 5.74) is 2.19. The van der Waals surface area contributed by atoms with Crippen LogP contribution in [0.15, 0.2) is 65.6 Å². The van der Waals surface area contributed by atoms with E-state index < -0.39 is 21.7 Å². The lowest BCUT2D eigenvalue weighted by atomic mass is 10.1. The zero-order chi connectivity index (χ0) is 22.6. The lowest BCUT2D eigenvalue weighted by Crippen LogP contribution is -2.17. The standard InChI is InChI=1S/C23H23FN2O4S/c1-4-30-22-13-12-17(31(28,29)26-20-11-7-8-15(2)16(20)3)14-21(22)25-23(27)18-9-5-6-10-19(18)24/h5-14,26H,4H2,1-3H3,(H,25,27). The highest BCUT2D eigenvalue weighted by atomic mass is 32.2. The topological polar surface area (TPSA) is 84.5 Å². The maximum atomic E-state index is 14.0. The monoisotopic (exact) mass is 442 g/mol. The number of hydrogen-bond donors (Lipinski definition) is 2. The lowest BCUT2D eigenvalue weighted by Gasteiger charge is -2.15. The largest absolute Gasteiger partial charge is 0.492 e. The number of hydrogen-bond acceptors (Lipinski definition) is 4. The Morgan fingerprint density at radius 1 is 1.00 bits per heavy atom. The van der Waals surface area contributed by atoms with E-state index in [0.717, 1.165) is 11.1 Å². The van der Waals surface area contributed by atoms with Gasteiger partial charge in [0.15, 0.2) is 0 Å². The van der Waals surface area contributed by atoms with Crippen LogP contribution in [-0.4, -0.2) is 20.9 Å². The van der Waals surface area contributed by atoms with Gasteiger partial charge in [-0.1, -0.05) is 24.3 Å². The first kappa shape index (κ1) is 22.3. The first-order valence-electron chi connectivity index (χ1n) is 9.64. The molecule has 0 aliphatic rings. The van der Waals surface area contributed by atoms with E-state index in [9.17, 15) is 17.6 Å². The fraction of sp³-hybridized carbons (Fsp3) is 0.174. The molecule has 0 saturated carbocycles. The summed E-state index contributed by atoms with van der Waals surface area (Å²) in [4.78, 5) is 12.5. The van der Waals surface area contributed by atoms with Crippen molar-refractivity contribution in [1.82, 2.24) is 0 Å². The van der Waals surface area contributed by atoms with Crippen molar-refractivity contribution in [1.29, 1.82) is 0 Å². The van der Waals surface area contributed by atoms with Crippen LogP contribution >= 0.6 is 0 Å². The predicted molar refractivity (Wildman–Crippen MR) is 119 cm³/mol. The molecule has 1 amide bonds. The normalized spacial score (nSPS) is 11.1. The number of aryl methyl sites for hydroxylation is 1. The highest BCUT2D eigenvalue weighted by molar-refractivity contribution is 7.92. The fourth-order valence-electron chi connectivity index (χ4n) is 2.96. The van der Waals surface area contributed by atoms with Crippen molar-refractivity contribution in [2.45, 2.75) is 25.7 Å². The number of sulfonamides is 1. The molecule has 31 heavy (non-hydrogen) atoms. The number of anilines is 2. The second-order valence-electron chi connectivity index (χ2n) is 6.88. The SMILES string of the molecule is CCOc1ccc(S(=O)(=O)Nc2cccc(C)c2C)cc1NC(=O)c1ccccc1F. The van der Waals surface area contributed by atoms with E-state index in [1.165, 1.54) is 42.5 Å². The molecule has 0 spiro atoms. The molecule has 162 valence electrons. The van der Waals surface area contributed by atoms with Crippen LogP contribution in [-0.2, 0) is 10.0 Å². The predicted octanol–water partition coefficient (Wildman–Crippen LogP) is 4.89. The van der Waals surface area contributed by atoms with Gasteiger partial charge >= 0.3 is 0 Å². The summed E-state index contributed by atoms with van der Waals surface area (Å²) in [6.45, 7) is 5.77. The van der Waals surface area contributed by atoms with E-state index in [-0.39, 0.29) is 21.9 Å². The van der Waals surface area contributed by atoms with Crippen molar-refractivity contribution in [3.63, 3.8) is 0 Å². The molecular weight excluding hydrogens is 419 g/mol. The molecule has 3 rings (SSSR count).